The lowest BCUT2D eigenvalue weighted by molar-refractivity contribution is -0.138. The van der Waals surface area contributed by atoms with E-state index in [4.69, 9.17) is 28.3 Å². The van der Waals surface area contributed by atoms with Gasteiger partial charge >= 0.3 is 12.3 Å². The van der Waals surface area contributed by atoms with E-state index >= 15 is 0 Å². The van der Waals surface area contributed by atoms with Gasteiger partial charge in [0.15, 0.2) is 9.84 Å². The molecule has 0 atom stereocenters. The lowest BCUT2D eigenvalue weighted by atomic mass is 10.00. The van der Waals surface area contributed by atoms with Gasteiger partial charge in [0.2, 0.25) is 0 Å². The third kappa shape index (κ3) is 6.61. The highest BCUT2D eigenvalue weighted by molar-refractivity contribution is 7.91. The van der Waals surface area contributed by atoms with Crippen LogP contribution in [0.2, 0.25) is 10.0 Å². The maximum absolute atomic E-state index is 13.8. The molecule has 0 radical (unpaired) electrons. The lowest BCUT2D eigenvalue weighted by Crippen LogP contribution is -2.58. The summed E-state index contributed by atoms with van der Waals surface area (Å²) >= 11 is 12.1. The molecule has 3 N–H and O–H groups in total. The Morgan fingerprint density at radius 3 is 2.42 bits per heavy atom. The van der Waals surface area contributed by atoms with Crippen molar-refractivity contribution in [2.75, 3.05) is 18.8 Å². The number of likely N-dealkylation sites (tertiary alicyclic amines) is 1. The Labute approximate surface area is 215 Å². The van der Waals surface area contributed by atoms with Crippen molar-refractivity contribution in [1.29, 1.82) is 0 Å². The fourth-order valence-electron chi connectivity index (χ4n) is 3.79. The van der Waals surface area contributed by atoms with E-state index in [1.807, 2.05) is 0 Å². The van der Waals surface area contributed by atoms with Gasteiger partial charge in [-0.1, -0.05) is 30.1 Å². The molecule has 3 rings (SSSR count). The molecule has 1 aliphatic rings. The molecule has 8 nitrogen and oxygen atoms in total. The summed E-state index contributed by atoms with van der Waals surface area (Å²) in [5.41, 5.74) is -1.49. The number of hydrogen-bond donors (Lipinski definition) is 3. The van der Waals surface area contributed by atoms with Crippen molar-refractivity contribution in [3.63, 3.8) is 0 Å². The Balaban J connectivity index is 1.81. The van der Waals surface area contributed by atoms with E-state index in [9.17, 15) is 31.2 Å². The molecule has 0 unspecified atom stereocenters. The van der Waals surface area contributed by atoms with E-state index in [0.29, 0.717) is 6.07 Å². The van der Waals surface area contributed by atoms with Gasteiger partial charge in [0, 0.05) is 41.8 Å². The molecule has 1 fully saturated rings. The maximum Gasteiger partial charge on any atom is 0.416 e. The number of carboxylic acid groups (broad SMARTS) is 1. The molecule has 196 valence electrons. The molecule has 0 aromatic heterocycles. The second-order valence-electron chi connectivity index (χ2n) is 8.16. The molecule has 0 bridgehead atoms. The number of alkyl halides is 3. The van der Waals surface area contributed by atoms with Crippen LogP contribution in [0.1, 0.15) is 34.0 Å². The SMILES string of the molecule is CCS(=O)(=O)c1ccc(Cl)cc1CNC(=O)c1cc(Cl)c(CN2CC(NC(=O)O)C2)c(C(F)(F)F)c1. The minimum atomic E-state index is -4.81. The molecular formula is C22H22Cl2F3N3O5S. The number of rotatable bonds is 8. The number of carbonyl (C=O) groups excluding carboxylic acids is 1. The standard InChI is InChI=1S/C22H22Cl2F3N3O5S/c1-2-36(34,35)19-4-3-14(23)5-13(19)8-28-20(31)12-6-17(22(25,26)27)16(18(24)7-12)11-30-9-15(10-30)29-21(32)33/h3-7,15,29H,2,8-11H2,1H3,(H,28,31)(H,32,33). The Morgan fingerprint density at radius 2 is 1.83 bits per heavy atom. The number of benzene rings is 2. The van der Waals surface area contributed by atoms with Gasteiger partial charge in [-0.2, -0.15) is 13.2 Å². The number of amides is 2. The molecule has 2 aromatic rings. The van der Waals surface area contributed by atoms with Crippen LogP contribution in [0.3, 0.4) is 0 Å². The maximum atomic E-state index is 13.8. The van der Waals surface area contributed by atoms with Crippen LogP contribution in [0, 0.1) is 0 Å². The highest BCUT2D eigenvalue weighted by atomic mass is 35.5. The number of sulfone groups is 1. The van der Waals surface area contributed by atoms with Crippen molar-refractivity contribution < 1.29 is 36.3 Å². The van der Waals surface area contributed by atoms with Gasteiger partial charge in [-0.25, -0.2) is 13.2 Å². The molecular weight excluding hydrogens is 546 g/mol. The second-order valence-corrected chi connectivity index (χ2v) is 11.3. The van der Waals surface area contributed by atoms with Crippen molar-refractivity contribution in [3.05, 3.63) is 62.6 Å². The first-order valence-electron chi connectivity index (χ1n) is 10.6. The van der Waals surface area contributed by atoms with Crippen LogP contribution in [-0.2, 0) is 29.1 Å². The topological polar surface area (TPSA) is 116 Å². The smallest absolute Gasteiger partial charge is 0.416 e. The van der Waals surface area contributed by atoms with Crippen LogP contribution < -0.4 is 10.6 Å². The molecule has 0 spiro atoms. The number of hydrogen-bond acceptors (Lipinski definition) is 5. The minimum Gasteiger partial charge on any atom is -0.465 e. The molecule has 1 saturated heterocycles. The molecule has 0 aliphatic carbocycles. The van der Waals surface area contributed by atoms with Crippen LogP contribution in [0.5, 0.6) is 0 Å². The van der Waals surface area contributed by atoms with Gasteiger partial charge in [-0.05, 0) is 41.5 Å². The molecule has 1 aliphatic heterocycles. The van der Waals surface area contributed by atoms with E-state index in [1.165, 1.54) is 25.1 Å². The molecule has 2 amide bonds. The summed E-state index contributed by atoms with van der Waals surface area (Å²) < 4.78 is 66.2. The van der Waals surface area contributed by atoms with Crippen molar-refractivity contribution in [2.45, 2.75) is 37.1 Å². The van der Waals surface area contributed by atoms with Crippen LogP contribution in [0.4, 0.5) is 18.0 Å². The quantitative estimate of drug-likeness (QED) is 0.440. The van der Waals surface area contributed by atoms with E-state index in [0.717, 1.165) is 6.07 Å². The normalized spacial score (nSPS) is 14.8. The number of nitrogens with zero attached hydrogens (tertiary/aromatic N) is 1. The molecule has 1 heterocycles. The van der Waals surface area contributed by atoms with Gasteiger partial charge < -0.3 is 15.7 Å². The van der Waals surface area contributed by atoms with E-state index in [1.54, 1.807) is 4.90 Å². The van der Waals surface area contributed by atoms with Gasteiger partial charge in [-0.3, -0.25) is 9.69 Å². The van der Waals surface area contributed by atoms with Gasteiger partial charge in [-0.15, -0.1) is 0 Å². The first-order chi connectivity index (χ1) is 16.7. The monoisotopic (exact) mass is 567 g/mol. The average Bonchev–Trinajstić information content (AvgIpc) is 2.75. The average molecular weight is 568 g/mol. The first kappa shape index (κ1) is 28.0. The fourth-order valence-corrected chi connectivity index (χ4v) is 5.38. The summed E-state index contributed by atoms with van der Waals surface area (Å²) in [7, 11) is -3.64. The van der Waals surface area contributed by atoms with E-state index < -0.39 is 39.6 Å². The second kappa shape index (κ2) is 10.8. The molecule has 14 heteroatoms. The number of nitrogens with one attached hydrogen (secondary N) is 2. The predicted octanol–water partition coefficient (Wildman–Crippen LogP) is 4.19. The molecule has 2 aromatic carbocycles. The van der Waals surface area contributed by atoms with Crippen LogP contribution in [-0.4, -0.2) is 55.3 Å². The van der Waals surface area contributed by atoms with Gasteiger partial charge in [0.25, 0.3) is 5.91 Å². The van der Waals surface area contributed by atoms with Gasteiger partial charge in [0.05, 0.1) is 22.3 Å². The first-order valence-corrected chi connectivity index (χ1v) is 13.0. The lowest BCUT2D eigenvalue weighted by Gasteiger charge is -2.39. The summed E-state index contributed by atoms with van der Waals surface area (Å²) in [6.45, 7) is 1.40. The van der Waals surface area contributed by atoms with E-state index in [2.05, 4.69) is 10.6 Å². The zero-order valence-electron chi connectivity index (χ0n) is 18.8. The third-order valence-corrected chi connectivity index (χ3v) is 8.01. The fraction of sp³-hybridized carbons (Fsp3) is 0.364. The Kier molecular flexibility index (Phi) is 8.44. The van der Waals surface area contributed by atoms with Crippen molar-refractivity contribution in [1.82, 2.24) is 15.5 Å². The Hall–Kier alpha value is -2.54. The minimum absolute atomic E-state index is 0.0377. The zero-order chi connectivity index (χ0) is 26.8. The highest BCUT2D eigenvalue weighted by Gasteiger charge is 2.37. The largest absolute Gasteiger partial charge is 0.465 e. The van der Waals surface area contributed by atoms with Gasteiger partial charge in [0.1, 0.15) is 0 Å². The highest BCUT2D eigenvalue weighted by Crippen LogP contribution is 2.37. The third-order valence-electron chi connectivity index (χ3n) is 5.61. The Bertz CT molecular complexity index is 1280. The summed E-state index contributed by atoms with van der Waals surface area (Å²) in [4.78, 5) is 24.9. The number of halogens is 5. The van der Waals surface area contributed by atoms with E-state index in [-0.39, 0.29) is 63.6 Å². The zero-order valence-corrected chi connectivity index (χ0v) is 21.2. The van der Waals surface area contributed by atoms with Crippen molar-refractivity contribution in [3.8, 4) is 0 Å². The predicted molar refractivity (Wildman–Crippen MR) is 127 cm³/mol. The summed E-state index contributed by atoms with van der Waals surface area (Å²) in [5.74, 6) is -1.07. The summed E-state index contributed by atoms with van der Waals surface area (Å²) in [5, 5.41) is 13.4. The van der Waals surface area contributed by atoms with Crippen molar-refractivity contribution >= 4 is 45.0 Å². The van der Waals surface area contributed by atoms with Crippen LogP contribution in [0.25, 0.3) is 0 Å². The summed E-state index contributed by atoms with van der Waals surface area (Å²) in [6.07, 6.45) is -6.03. The summed E-state index contributed by atoms with van der Waals surface area (Å²) in [6, 6.07) is 5.46. The molecule has 0 saturated carbocycles. The molecule has 36 heavy (non-hydrogen) atoms. The Morgan fingerprint density at radius 1 is 1.17 bits per heavy atom. The number of carbonyl (C=O) groups is 2. The van der Waals surface area contributed by atoms with Crippen LogP contribution in [0.15, 0.2) is 35.2 Å². The van der Waals surface area contributed by atoms with Crippen LogP contribution >= 0.6 is 23.2 Å². The van der Waals surface area contributed by atoms with Crippen molar-refractivity contribution in [2.24, 2.45) is 0 Å².